The quantitative estimate of drug-likeness (QED) is 0.343. The fraction of sp³-hybridized carbons (Fsp3) is 0.370. The number of hydrogen-bond donors (Lipinski definition) is 3. The van der Waals surface area contributed by atoms with Crippen LogP contribution < -0.4 is 11.1 Å². The lowest BCUT2D eigenvalue weighted by molar-refractivity contribution is 0.00984. The van der Waals surface area contributed by atoms with E-state index in [1.165, 1.54) is 16.6 Å². The molecule has 1 aliphatic rings. The number of nitrogens with zero attached hydrogens (tertiary/aromatic N) is 4. The molecule has 0 saturated heterocycles. The van der Waals surface area contributed by atoms with Crippen LogP contribution in [0, 0.1) is 17.6 Å². The van der Waals surface area contributed by atoms with E-state index in [1.54, 1.807) is 37.8 Å². The van der Waals surface area contributed by atoms with Crippen LogP contribution in [0.15, 0.2) is 48.9 Å². The molecule has 0 spiro atoms. The van der Waals surface area contributed by atoms with Crippen molar-refractivity contribution in [2.45, 2.75) is 44.2 Å². The van der Waals surface area contributed by atoms with Gasteiger partial charge in [0.05, 0.1) is 41.0 Å². The second-order valence-electron chi connectivity index (χ2n) is 9.64. The first kappa shape index (κ1) is 25.2. The number of fused-ring (bicyclic) bond motifs is 1. The summed E-state index contributed by atoms with van der Waals surface area (Å²) in [5.41, 5.74) is 9.20. The summed E-state index contributed by atoms with van der Waals surface area (Å²) in [7, 11) is 1.70. The van der Waals surface area contributed by atoms with Gasteiger partial charge in [-0.25, -0.2) is 13.8 Å². The molecule has 4 atom stereocenters. The molecule has 3 aromatic heterocycles. The number of rotatable bonds is 7. The maximum atomic E-state index is 14.8. The second kappa shape index (κ2) is 10.5. The molecule has 1 fully saturated rings. The molecule has 3 heterocycles. The normalized spacial score (nSPS) is 21.9. The van der Waals surface area contributed by atoms with Gasteiger partial charge in [-0.1, -0.05) is 6.92 Å². The Morgan fingerprint density at radius 2 is 1.95 bits per heavy atom. The Morgan fingerprint density at radius 1 is 1.16 bits per heavy atom. The molecular formula is C27H30F2N6O2. The summed E-state index contributed by atoms with van der Waals surface area (Å²) in [5, 5.41) is 16.9. The zero-order valence-corrected chi connectivity index (χ0v) is 20.7. The molecule has 1 aromatic carbocycles. The first-order chi connectivity index (χ1) is 17.9. The van der Waals surface area contributed by atoms with Crippen molar-refractivity contribution >= 4 is 17.2 Å². The van der Waals surface area contributed by atoms with Gasteiger partial charge in [-0.3, -0.25) is 4.98 Å². The first-order valence-electron chi connectivity index (χ1n) is 12.3. The van der Waals surface area contributed by atoms with Crippen molar-refractivity contribution < 1.29 is 18.6 Å². The van der Waals surface area contributed by atoms with Gasteiger partial charge in [0.2, 0.25) is 5.95 Å². The number of halogens is 2. The molecule has 5 rings (SSSR count). The van der Waals surface area contributed by atoms with Gasteiger partial charge in [-0.2, -0.15) is 9.61 Å². The largest absolute Gasteiger partial charge is 0.396 e. The molecule has 10 heteroatoms. The predicted molar refractivity (Wildman–Crippen MR) is 137 cm³/mol. The highest BCUT2D eigenvalue weighted by atomic mass is 19.1. The molecule has 0 radical (unpaired) electrons. The van der Waals surface area contributed by atoms with Gasteiger partial charge in [0.25, 0.3) is 0 Å². The molecule has 4 aromatic rings. The molecule has 0 amide bonds. The van der Waals surface area contributed by atoms with Crippen LogP contribution in [0.25, 0.3) is 16.8 Å². The SMILES string of the molecule is CO[C@H]1[C@H](N)C[C@H](c2ccncc2Nc2ncc3ccc(-c4c(F)cc(CCO)cc4F)nn23)C[C@@H]1C. The number of aliphatic hydroxyl groups excluding tert-OH is 1. The van der Waals surface area contributed by atoms with Crippen LogP contribution in [0.2, 0.25) is 0 Å². The average molecular weight is 509 g/mol. The summed E-state index contributed by atoms with van der Waals surface area (Å²) in [5.74, 6) is -0.581. The summed E-state index contributed by atoms with van der Waals surface area (Å²) in [6, 6.07) is 7.61. The molecule has 194 valence electrons. The topological polar surface area (TPSA) is 111 Å². The van der Waals surface area contributed by atoms with E-state index in [-0.39, 0.29) is 42.3 Å². The molecule has 0 unspecified atom stereocenters. The van der Waals surface area contributed by atoms with E-state index in [0.717, 1.165) is 24.1 Å². The molecule has 1 saturated carbocycles. The minimum absolute atomic E-state index is 0.0202. The molecule has 1 aliphatic carbocycles. The van der Waals surface area contributed by atoms with Crippen LogP contribution in [0.1, 0.15) is 36.8 Å². The molecule has 8 nitrogen and oxygen atoms in total. The third kappa shape index (κ3) is 4.92. The van der Waals surface area contributed by atoms with E-state index in [1.807, 2.05) is 6.07 Å². The summed E-state index contributed by atoms with van der Waals surface area (Å²) in [6.45, 7) is 1.96. The lowest BCUT2D eigenvalue weighted by Crippen LogP contribution is -2.45. The predicted octanol–water partition coefficient (Wildman–Crippen LogP) is 4.20. The fourth-order valence-electron chi connectivity index (χ4n) is 5.46. The number of methoxy groups -OCH3 is 1. The van der Waals surface area contributed by atoms with Crippen molar-refractivity contribution in [2.24, 2.45) is 11.7 Å². The minimum Gasteiger partial charge on any atom is -0.396 e. The van der Waals surface area contributed by atoms with Gasteiger partial charge in [0.1, 0.15) is 11.6 Å². The Kier molecular flexibility index (Phi) is 7.14. The zero-order valence-electron chi connectivity index (χ0n) is 20.7. The van der Waals surface area contributed by atoms with Gasteiger partial charge in [0.15, 0.2) is 0 Å². The molecule has 37 heavy (non-hydrogen) atoms. The highest BCUT2D eigenvalue weighted by molar-refractivity contribution is 5.66. The Morgan fingerprint density at radius 3 is 2.65 bits per heavy atom. The standard InChI is InChI=1S/C27H30F2N6O2/c1-15-9-17(12-22(30)26(15)37-2)19-5-7-31-14-24(19)33-27-32-13-18-3-4-23(34-35(18)27)25-20(28)10-16(6-8-36)11-21(25)29/h3-5,7,10-11,13-15,17,22,26,36H,6,8-9,12,30H2,1-2H3,(H,32,33)/t15-,17+,22+,26+/m0/s1. The van der Waals surface area contributed by atoms with Crippen LogP contribution in [0.3, 0.4) is 0 Å². The highest BCUT2D eigenvalue weighted by Crippen LogP contribution is 2.40. The minimum atomic E-state index is -0.739. The number of hydrogen-bond acceptors (Lipinski definition) is 7. The second-order valence-corrected chi connectivity index (χ2v) is 9.64. The van der Waals surface area contributed by atoms with Crippen molar-refractivity contribution in [3.05, 3.63) is 71.7 Å². The van der Waals surface area contributed by atoms with E-state index in [4.69, 9.17) is 15.6 Å². The molecular weight excluding hydrogens is 478 g/mol. The van der Waals surface area contributed by atoms with E-state index < -0.39 is 11.6 Å². The van der Waals surface area contributed by atoms with E-state index in [2.05, 4.69) is 27.3 Å². The maximum Gasteiger partial charge on any atom is 0.229 e. The number of benzene rings is 1. The average Bonchev–Trinajstić information content (AvgIpc) is 3.26. The third-order valence-electron chi connectivity index (χ3n) is 7.15. The van der Waals surface area contributed by atoms with Crippen LogP contribution >= 0.6 is 0 Å². The Labute approximate surface area is 213 Å². The van der Waals surface area contributed by atoms with Gasteiger partial charge in [-0.05, 0) is 72.6 Å². The lowest BCUT2D eigenvalue weighted by Gasteiger charge is -2.38. The van der Waals surface area contributed by atoms with E-state index >= 15 is 0 Å². The number of nitrogens with one attached hydrogen (secondary N) is 1. The highest BCUT2D eigenvalue weighted by Gasteiger charge is 2.35. The van der Waals surface area contributed by atoms with Crippen LogP contribution in [-0.4, -0.2) is 50.6 Å². The third-order valence-corrected chi connectivity index (χ3v) is 7.15. The summed E-state index contributed by atoms with van der Waals surface area (Å²) < 4.78 is 36.8. The molecule has 0 aliphatic heterocycles. The van der Waals surface area contributed by atoms with Crippen LogP contribution in [-0.2, 0) is 11.2 Å². The summed E-state index contributed by atoms with van der Waals surface area (Å²) >= 11 is 0. The number of aromatic nitrogens is 4. The van der Waals surface area contributed by atoms with Crippen molar-refractivity contribution in [1.82, 2.24) is 19.6 Å². The molecule has 0 bridgehead atoms. The van der Waals surface area contributed by atoms with Crippen molar-refractivity contribution in [1.29, 1.82) is 0 Å². The van der Waals surface area contributed by atoms with Crippen molar-refractivity contribution in [3.63, 3.8) is 0 Å². The number of pyridine rings is 1. The summed E-state index contributed by atoms with van der Waals surface area (Å²) in [4.78, 5) is 8.74. The number of ether oxygens (including phenoxy) is 1. The Balaban J connectivity index is 1.48. The number of aliphatic hydroxyl groups is 1. The van der Waals surface area contributed by atoms with Gasteiger partial charge < -0.3 is 20.9 Å². The molecule has 4 N–H and O–H groups in total. The van der Waals surface area contributed by atoms with Crippen LogP contribution in [0.5, 0.6) is 0 Å². The smallest absolute Gasteiger partial charge is 0.229 e. The van der Waals surface area contributed by atoms with Crippen LogP contribution in [0.4, 0.5) is 20.4 Å². The Hall–Kier alpha value is -3.47. The first-order valence-corrected chi connectivity index (χ1v) is 12.3. The number of nitrogens with two attached hydrogens (primary N) is 1. The fourth-order valence-corrected chi connectivity index (χ4v) is 5.46. The van der Waals surface area contributed by atoms with Crippen molar-refractivity contribution in [3.8, 4) is 11.3 Å². The Bertz CT molecular complexity index is 1380. The van der Waals surface area contributed by atoms with Gasteiger partial charge >= 0.3 is 0 Å². The van der Waals surface area contributed by atoms with Gasteiger partial charge in [-0.15, -0.1) is 0 Å². The van der Waals surface area contributed by atoms with Crippen molar-refractivity contribution in [2.75, 3.05) is 19.0 Å². The number of anilines is 2. The summed E-state index contributed by atoms with van der Waals surface area (Å²) in [6.07, 6.45) is 7.00. The monoisotopic (exact) mass is 508 g/mol. The zero-order chi connectivity index (χ0) is 26.1. The number of imidazole rings is 1. The van der Waals surface area contributed by atoms with Gasteiger partial charge in [0, 0.05) is 26.0 Å². The maximum absolute atomic E-state index is 14.8. The van der Waals surface area contributed by atoms with E-state index in [9.17, 15) is 8.78 Å². The van der Waals surface area contributed by atoms with E-state index in [0.29, 0.717) is 22.9 Å². The lowest BCUT2D eigenvalue weighted by atomic mass is 9.74.